The van der Waals surface area contributed by atoms with Crippen molar-refractivity contribution in [1.29, 1.82) is 0 Å². The molecule has 2 aromatic carbocycles. The van der Waals surface area contributed by atoms with Crippen molar-refractivity contribution in [1.82, 2.24) is 24.7 Å². The van der Waals surface area contributed by atoms with Crippen LogP contribution in [0.3, 0.4) is 0 Å². The third-order valence-corrected chi connectivity index (χ3v) is 5.96. The summed E-state index contributed by atoms with van der Waals surface area (Å²) < 4.78 is 15.9. The molecule has 0 fully saturated rings. The van der Waals surface area contributed by atoms with Gasteiger partial charge in [0.2, 0.25) is 5.13 Å². The molecule has 0 saturated heterocycles. The highest BCUT2D eigenvalue weighted by Gasteiger charge is 2.20. The third kappa shape index (κ3) is 2.71. The van der Waals surface area contributed by atoms with Crippen molar-refractivity contribution in [2.75, 3.05) is 6.26 Å². The Labute approximate surface area is 166 Å². The molecule has 28 heavy (non-hydrogen) atoms. The van der Waals surface area contributed by atoms with Crippen molar-refractivity contribution in [3.8, 4) is 16.5 Å². The molecule has 0 aliphatic heterocycles. The first-order valence-corrected chi connectivity index (χ1v) is 10.4. The van der Waals surface area contributed by atoms with Gasteiger partial charge in [-0.1, -0.05) is 23.5 Å². The number of rotatable bonds is 3. The van der Waals surface area contributed by atoms with E-state index in [2.05, 4.69) is 20.1 Å². The Bertz CT molecular complexity index is 1350. The van der Waals surface area contributed by atoms with E-state index in [9.17, 15) is 9.18 Å². The molecule has 1 N–H and O–H groups in total. The Morgan fingerprint density at radius 2 is 1.89 bits per heavy atom. The molecule has 138 valence electrons. The van der Waals surface area contributed by atoms with Crippen molar-refractivity contribution in [2.24, 2.45) is 0 Å². The number of hydrogen-bond acceptors (Lipinski definition) is 6. The summed E-state index contributed by atoms with van der Waals surface area (Å²) in [5.74, 6) is 0.00350. The normalized spacial score (nSPS) is 11.5. The molecule has 0 aliphatic rings. The number of thiazole rings is 1. The first-order chi connectivity index (χ1) is 13.6. The van der Waals surface area contributed by atoms with Crippen molar-refractivity contribution >= 4 is 44.3 Å². The topological polar surface area (TPSA) is 76.5 Å². The predicted molar refractivity (Wildman–Crippen MR) is 110 cm³/mol. The van der Waals surface area contributed by atoms with Crippen LogP contribution in [-0.2, 0) is 0 Å². The van der Waals surface area contributed by atoms with Gasteiger partial charge in [0.1, 0.15) is 22.1 Å². The molecule has 0 unspecified atom stereocenters. The standard InChI is InChI=1S/C19H12FN5OS2/c1-27-18-14-16(22-15(23-17(14)26)10-6-8-11(20)9-7-10)25(24-18)19-21-12-4-2-3-5-13(12)28-19/h2-9H,1H3,(H,22,23,26). The molecule has 3 heterocycles. The second-order valence-electron chi connectivity index (χ2n) is 6.01. The third-order valence-electron chi connectivity index (χ3n) is 4.28. The molecule has 0 saturated carbocycles. The zero-order valence-corrected chi connectivity index (χ0v) is 16.1. The molecule has 0 bridgehead atoms. The summed E-state index contributed by atoms with van der Waals surface area (Å²) in [6.07, 6.45) is 1.86. The van der Waals surface area contributed by atoms with Crippen LogP contribution >= 0.6 is 23.1 Å². The van der Waals surface area contributed by atoms with E-state index in [4.69, 9.17) is 0 Å². The van der Waals surface area contributed by atoms with Crippen molar-refractivity contribution in [3.05, 3.63) is 64.7 Å². The zero-order chi connectivity index (χ0) is 19.3. The second-order valence-corrected chi connectivity index (χ2v) is 7.81. The number of para-hydroxylation sites is 1. The summed E-state index contributed by atoms with van der Waals surface area (Å²) in [4.78, 5) is 24.8. The summed E-state index contributed by atoms with van der Waals surface area (Å²) >= 11 is 2.85. The van der Waals surface area contributed by atoms with Crippen LogP contribution in [0.4, 0.5) is 4.39 Å². The van der Waals surface area contributed by atoms with E-state index in [0.717, 1.165) is 10.2 Å². The van der Waals surface area contributed by atoms with Gasteiger partial charge in [-0.3, -0.25) is 4.79 Å². The number of H-pyrrole nitrogens is 1. The van der Waals surface area contributed by atoms with E-state index in [0.29, 0.717) is 32.6 Å². The van der Waals surface area contributed by atoms with Gasteiger partial charge in [-0.25, -0.2) is 14.4 Å². The number of fused-ring (bicyclic) bond motifs is 2. The van der Waals surface area contributed by atoms with Crippen LogP contribution in [0.15, 0.2) is 58.4 Å². The lowest BCUT2D eigenvalue weighted by Gasteiger charge is -2.02. The average molecular weight is 409 g/mol. The number of nitrogens with one attached hydrogen (secondary N) is 1. The Morgan fingerprint density at radius 1 is 1.11 bits per heavy atom. The fraction of sp³-hybridized carbons (Fsp3) is 0.0526. The number of aromatic amines is 1. The summed E-state index contributed by atoms with van der Waals surface area (Å²) in [6.45, 7) is 0. The van der Waals surface area contributed by atoms with E-state index in [-0.39, 0.29) is 11.4 Å². The first kappa shape index (κ1) is 17.1. The molecular weight excluding hydrogens is 397 g/mol. The number of benzene rings is 2. The lowest BCUT2D eigenvalue weighted by atomic mass is 10.2. The largest absolute Gasteiger partial charge is 0.306 e. The van der Waals surface area contributed by atoms with Gasteiger partial charge in [0.15, 0.2) is 5.65 Å². The van der Waals surface area contributed by atoms with Crippen molar-refractivity contribution in [3.63, 3.8) is 0 Å². The van der Waals surface area contributed by atoms with Gasteiger partial charge in [-0.2, -0.15) is 9.78 Å². The number of halogens is 1. The maximum atomic E-state index is 13.3. The van der Waals surface area contributed by atoms with Crippen molar-refractivity contribution < 1.29 is 4.39 Å². The van der Waals surface area contributed by atoms with Gasteiger partial charge < -0.3 is 4.98 Å². The quantitative estimate of drug-likeness (QED) is 0.451. The summed E-state index contributed by atoms with van der Waals surface area (Å²) in [5.41, 5.74) is 1.61. The minimum atomic E-state index is -0.351. The average Bonchev–Trinajstić information content (AvgIpc) is 3.29. The van der Waals surface area contributed by atoms with E-state index in [1.807, 2.05) is 30.5 Å². The van der Waals surface area contributed by atoms with E-state index in [1.165, 1.54) is 35.2 Å². The molecule has 0 radical (unpaired) electrons. The fourth-order valence-corrected chi connectivity index (χ4v) is 4.44. The van der Waals surface area contributed by atoms with E-state index in [1.54, 1.807) is 16.8 Å². The molecule has 0 spiro atoms. The van der Waals surface area contributed by atoms with E-state index >= 15 is 0 Å². The van der Waals surface area contributed by atoms with E-state index < -0.39 is 0 Å². The predicted octanol–water partition coefficient (Wildman–Crippen LogP) is 4.25. The molecule has 6 nitrogen and oxygen atoms in total. The maximum absolute atomic E-state index is 13.3. The SMILES string of the molecule is CSc1nn(-c2nc3ccccc3s2)c2nc(-c3ccc(F)cc3)[nH]c(=O)c12. The van der Waals surface area contributed by atoms with Gasteiger partial charge in [0, 0.05) is 5.56 Å². The van der Waals surface area contributed by atoms with Crippen LogP contribution in [0.5, 0.6) is 0 Å². The zero-order valence-electron chi connectivity index (χ0n) is 14.5. The maximum Gasteiger partial charge on any atom is 0.263 e. The lowest BCUT2D eigenvalue weighted by molar-refractivity contribution is 0.628. The monoisotopic (exact) mass is 409 g/mol. The highest BCUT2D eigenvalue weighted by Crippen LogP contribution is 2.30. The Hall–Kier alpha value is -3.04. The number of hydrogen-bond donors (Lipinski definition) is 1. The fourth-order valence-electron chi connectivity index (χ4n) is 2.97. The molecular formula is C19H12FN5OS2. The van der Waals surface area contributed by atoms with Gasteiger partial charge in [-0.15, -0.1) is 11.8 Å². The van der Waals surface area contributed by atoms with Crippen LogP contribution < -0.4 is 5.56 Å². The molecule has 5 aromatic rings. The highest BCUT2D eigenvalue weighted by atomic mass is 32.2. The molecule has 0 atom stereocenters. The van der Waals surface area contributed by atoms with Gasteiger partial charge >= 0.3 is 0 Å². The van der Waals surface area contributed by atoms with Crippen LogP contribution in [0.25, 0.3) is 37.8 Å². The Morgan fingerprint density at radius 3 is 2.64 bits per heavy atom. The number of thioether (sulfide) groups is 1. The van der Waals surface area contributed by atoms with Gasteiger partial charge in [0.05, 0.1) is 10.2 Å². The van der Waals surface area contributed by atoms with Crippen LogP contribution in [0.1, 0.15) is 0 Å². The van der Waals surface area contributed by atoms with Crippen LogP contribution in [-0.4, -0.2) is 31.0 Å². The summed E-state index contributed by atoms with van der Waals surface area (Å²) in [5, 5.41) is 6.19. The summed E-state index contributed by atoms with van der Waals surface area (Å²) in [7, 11) is 0. The lowest BCUT2D eigenvalue weighted by Crippen LogP contribution is -2.10. The minimum Gasteiger partial charge on any atom is -0.306 e. The number of aromatic nitrogens is 5. The smallest absolute Gasteiger partial charge is 0.263 e. The molecule has 9 heteroatoms. The highest BCUT2D eigenvalue weighted by molar-refractivity contribution is 7.98. The molecule has 3 aromatic heterocycles. The first-order valence-electron chi connectivity index (χ1n) is 8.33. The Balaban J connectivity index is 1.79. The van der Waals surface area contributed by atoms with Crippen molar-refractivity contribution in [2.45, 2.75) is 5.03 Å². The Kier molecular flexibility index (Phi) is 3.99. The molecule has 0 amide bonds. The van der Waals surface area contributed by atoms with Gasteiger partial charge in [-0.05, 0) is 42.7 Å². The molecule has 0 aliphatic carbocycles. The van der Waals surface area contributed by atoms with Gasteiger partial charge in [0.25, 0.3) is 5.56 Å². The van der Waals surface area contributed by atoms with Crippen LogP contribution in [0.2, 0.25) is 0 Å². The molecule has 5 rings (SSSR count). The second kappa shape index (κ2) is 6.54. The number of nitrogens with zero attached hydrogens (tertiary/aromatic N) is 4. The summed E-state index contributed by atoms with van der Waals surface area (Å²) in [6, 6.07) is 13.6. The minimum absolute atomic E-state index is 0.291. The van der Waals surface area contributed by atoms with Crippen LogP contribution in [0, 0.1) is 5.82 Å².